The number of carbonyl (C=O) groups is 2. The van der Waals surface area contributed by atoms with Gasteiger partial charge in [0.15, 0.2) is 0 Å². The van der Waals surface area contributed by atoms with E-state index >= 15 is 0 Å². The number of nitrogens with zero attached hydrogens (tertiary/aromatic N) is 3. The Bertz CT molecular complexity index is 1230. The fourth-order valence-corrected chi connectivity index (χ4v) is 6.62. The lowest BCUT2D eigenvalue weighted by Gasteiger charge is -2.30. The summed E-state index contributed by atoms with van der Waals surface area (Å²) in [6.07, 6.45) is 2.40. The fraction of sp³-hybridized carbons (Fsp3) is 0.517. The van der Waals surface area contributed by atoms with Crippen LogP contribution in [0, 0.1) is 0 Å². The molecule has 2 aromatic rings. The SMILES string of the molecule is C[C@@H](C(=O)NCCN1CCOCC1)N(Cc1ccc(Cl)cc1)C(=O)CCc1ccc(S(=O)(=O)N2CCCC2)cc1. The van der Waals surface area contributed by atoms with Crippen molar-refractivity contribution >= 4 is 33.4 Å². The minimum absolute atomic E-state index is 0.153. The highest BCUT2D eigenvalue weighted by Crippen LogP contribution is 2.22. The van der Waals surface area contributed by atoms with E-state index < -0.39 is 16.1 Å². The summed E-state index contributed by atoms with van der Waals surface area (Å²) in [6, 6.07) is 13.3. The summed E-state index contributed by atoms with van der Waals surface area (Å²) in [4.78, 5) is 30.6. The molecule has 0 spiro atoms. The molecule has 2 aromatic carbocycles. The Kier molecular flexibility index (Phi) is 11.0. The predicted molar refractivity (Wildman–Crippen MR) is 154 cm³/mol. The number of nitrogens with one attached hydrogen (secondary N) is 1. The molecule has 0 saturated carbocycles. The summed E-state index contributed by atoms with van der Waals surface area (Å²) < 4.78 is 32.5. The van der Waals surface area contributed by atoms with Gasteiger partial charge in [0.1, 0.15) is 6.04 Å². The molecule has 2 saturated heterocycles. The zero-order valence-corrected chi connectivity index (χ0v) is 24.6. The number of hydrogen-bond donors (Lipinski definition) is 1. The molecular formula is C29H39ClN4O5S. The first-order valence-electron chi connectivity index (χ1n) is 13.9. The number of ether oxygens (including phenoxy) is 1. The second-order valence-corrected chi connectivity index (χ2v) is 12.7. The van der Waals surface area contributed by atoms with Crippen LogP contribution in [0.15, 0.2) is 53.4 Å². The Labute approximate surface area is 242 Å². The van der Waals surface area contributed by atoms with E-state index in [1.165, 1.54) is 4.31 Å². The monoisotopic (exact) mass is 590 g/mol. The van der Waals surface area contributed by atoms with E-state index in [1.54, 1.807) is 48.2 Å². The maximum atomic E-state index is 13.5. The number of aryl methyl sites for hydroxylation is 1. The van der Waals surface area contributed by atoms with Gasteiger partial charge < -0.3 is 15.0 Å². The van der Waals surface area contributed by atoms with Gasteiger partial charge in [-0.1, -0.05) is 35.9 Å². The molecular weight excluding hydrogens is 552 g/mol. The second kappa shape index (κ2) is 14.4. The van der Waals surface area contributed by atoms with Gasteiger partial charge in [0.25, 0.3) is 0 Å². The van der Waals surface area contributed by atoms with E-state index in [4.69, 9.17) is 16.3 Å². The lowest BCUT2D eigenvalue weighted by Crippen LogP contribution is -2.49. The highest BCUT2D eigenvalue weighted by molar-refractivity contribution is 7.89. The highest BCUT2D eigenvalue weighted by atomic mass is 35.5. The number of rotatable bonds is 12. The average Bonchev–Trinajstić information content (AvgIpc) is 3.52. The molecule has 2 aliphatic heterocycles. The lowest BCUT2D eigenvalue weighted by atomic mass is 10.1. The number of carbonyl (C=O) groups excluding carboxylic acids is 2. The van der Waals surface area contributed by atoms with Gasteiger partial charge in [-0.25, -0.2) is 8.42 Å². The van der Waals surface area contributed by atoms with E-state index in [2.05, 4.69) is 10.2 Å². The van der Waals surface area contributed by atoms with Crippen molar-refractivity contribution in [3.8, 4) is 0 Å². The second-order valence-electron chi connectivity index (χ2n) is 10.3. The van der Waals surface area contributed by atoms with Crippen molar-refractivity contribution in [3.63, 3.8) is 0 Å². The average molecular weight is 591 g/mol. The number of morpholine rings is 1. The topological polar surface area (TPSA) is 99.3 Å². The molecule has 0 radical (unpaired) electrons. The van der Waals surface area contributed by atoms with Gasteiger partial charge in [0, 0.05) is 57.3 Å². The molecule has 40 heavy (non-hydrogen) atoms. The number of halogens is 1. The summed E-state index contributed by atoms with van der Waals surface area (Å²) in [7, 11) is -3.48. The van der Waals surface area contributed by atoms with Gasteiger partial charge in [-0.05, 0) is 61.6 Å². The first-order valence-corrected chi connectivity index (χ1v) is 15.8. The third kappa shape index (κ3) is 8.27. The van der Waals surface area contributed by atoms with Crippen molar-refractivity contribution in [2.75, 3.05) is 52.5 Å². The molecule has 0 bridgehead atoms. The predicted octanol–water partition coefficient (Wildman–Crippen LogP) is 2.92. The summed E-state index contributed by atoms with van der Waals surface area (Å²) in [5, 5.41) is 3.58. The molecule has 218 valence electrons. The summed E-state index contributed by atoms with van der Waals surface area (Å²) in [6.45, 7) is 7.46. The van der Waals surface area contributed by atoms with Gasteiger partial charge in [0.05, 0.1) is 18.1 Å². The van der Waals surface area contributed by atoms with Crippen LogP contribution in [0.4, 0.5) is 0 Å². The summed E-state index contributed by atoms with van der Waals surface area (Å²) in [5.41, 5.74) is 1.74. The fourth-order valence-electron chi connectivity index (χ4n) is 4.98. The molecule has 1 atom stereocenters. The van der Waals surface area contributed by atoms with Crippen LogP contribution in [-0.4, -0.2) is 92.9 Å². The minimum atomic E-state index is -3.48. The molecule has 0 aromatic heterocycles. The molecule has 0 unspecified atom stereocenters. The number of hydrogen-bond acceptors (Lipinski definition) is 6. The van der Waals surface area contributed by atoms with Crippen molar-refractivity contribution in [2.24, 2.45) is 0 Å². The molecule has 0 aliphatic carbocycles. The van der Waals surface area contributed by atoms with Crippen molar-refractivity contribution in [1.82, 2.24) is 19.4 Å². The van der Waals surface area contributed by atoms with Gasteiger partial charge >= 0.3 is 0 Å². The van der Waals surface area contributed by atoms with Crippen LogP contribution in [0.5, 0.6) is 0 Å². The third-order valence-corrected chi connectivity index (χ3v) is 9.68. The Morgan fingerprint density at radius 1 is 0.975 bits per heavy atom. The largest absolute Gasteiger partial charge is 0.379 e. The zero-order valence-electron chi connectivity index (χ0n) is 23.1. The number of sulfonamides is 1. The summed E-state index contributed by atoms with van der Waals surface area (Å²) in [5.74, 6) is -0.355. The number of amides is 2. The molecule has 2 aliphatic rings. The van der Waals surface area contributed by atoms with Crippen molar-refractivity contribution in [1.29, 1.82) is 0 Å². The molecule has 11 heteroatoms. The van der Waals surface area contributed by atoms with E-state index in [0.29, 0.717) is 44.3 Å². The maximum absolute atomic E-state index is 13.5. The first-order chi connectivity index (χ1) is 19.2. The van der Waals surface area contributed by atoms with Gasteiger partial charge in [-0.3, -0.25) is 14.5 Å². The van der Waals surface area contributed by atoms with Gasteiger partial charge in [-0.15, -0.1) is 0 Å². The van der Waals surface area contributed by atoms with E-state index in [-0.39, 0.29) is 29.7 Å². The van der Waals surface area contributed by atoms with Crippen molar-refractivity contribution < 1.29 is 22.7 Å². The van der Waals surface area contributed by atoms with Crippen molar-refractivity contribution in [3.05, 3.63) is 64.7 Å². The molecule has 2 fully saturated rings. The quantitative estimate of drug-likeness (QED) is 0.408. The van der Waals surface area contributed by atoms with Crippen LogP contribution >= 0.6 is 11.6 Å². The lowest BCUT2D eigenvalue weighted by molar-refractivity contribution is -0.140. The molecule has 2 heterocycles. The van der Waals surface area contributed by atoms with E-state index in [0.717, 1.165) is 43.6 Å². The molecule has 1 N–H and O–H groups in total. The van der Waals surface area contributed by atoms with E-state index in [1.807, 2.05) is 12.1 Å². The van der Waals surface area contributed by atoms with Gasteiger partial charge in [-0.2, -0.15) is 4.31 Å². The normalized spacial score (nSPS) is 17.4. The highest BCUT2D eigenvalue weighted by Gasteiger charge is 2.28. The Morgan fingerprint density at radius 2 is 1.60 bits per heavy atom. The standard InChI is InChI=1S/C29H39ClN4O5S/c1-23(29(36)31-14-17-32-18-20-39-21-19-32)34(22-25-4-9-26(30)10-5-25)28(35)13-8-24-6-11-27(12-7-24)40(37,38)33-15-2-3-16-33/h4-7,9-12,23H,2-3,8,13-22H2,1H3,(H,31,36)/t23-/m0/s1. The zero-order chi connectivity index (χ0) is 28.5. The number of benzene rings is 2. The Morgan fingerprint density at radius 3 is 2.25 bits per heavy atom. The van der Waals surface area contributed by atoms with Crippen LogP contribution in [0.2, 0.25) is 5.02 Å². The molecule has 4 rings (SSSR count). The third-order valence-electron chi connectivity index (χ3n) is 7.52. The van der Waals surface area contributed by atoms with Crippen LogP contribution in [-0.2, 0) is 37.3 Å². The van der Waals surface area contributed by atoms with E-state index in [9.17, 15) is 18.0 Å². The molecule has 9 nitrogen and oxygen atoms in total. The van der Waals surface area contributed by atoms with Crippen LogP contribution < -0.4 is 5.32 Å². The Balaban J connectivity index is 1.37. The Hall–Kier alpha value is -2.50. The van der Waals surface area contributed by atoms with Crippen molar-refractivity contribution in [2.45, 2.75) is 50.1 Å². The van der Waals surface area contributed by atoms with Crippen LogP contribution in [0.25, 0.3) is 0 Å². The van der Waals surface area contributed by atoms with Crippen LogP contribution in [0.1, 0.15) is 37.3 Å². The first kappa shape index (κ1) is 30.5. The minimum Gasteiger partial charge on any atom is -0.379 e. The molecule has 2 amide bonds. The maximum Gasteiger partial charge on any atom is 0.243 e. The smallest absolute Gasteiger partial charge is 0.243 e. The van der Waals surface area contributed by atoms with Gasteiger partial charge in [0.2, 0.25) is 21.8 Å². The summed E-state index contributed by atoms with van der Waals surface area (Å²) >= 11 is 6.04. The van der Waals surface area contributed by atoms with Crippen LogP contribution in [0.3, 0.4) is 0 Å².